The first-order valence-corrected chi connectivity index (χ1v) is 10.7. The van der Waals surface area contributed by atoms with E-state index in [1.54, 1.807) is 36.5 Å². The average Bonchev–Trinajstić information content (AvgIpc) is 3.40. The summed E-state index contributed by atoms with van der Waals surface area (Å²) in [4.78, 5) is 15.9. The van der Waals surface area contributed by atoms with E-state index in [1.165, 1.54) is 0 Å². The predicted molar refractivity (Wildman–Crippen MR) is 120 cm³/mol. The van der Waals surface area contributed by atoms with E-state index in [-0.39, 0.29) is 5.92 Å². The van der Waals surface area contributed by atoms with Crippen molar-refractivity contribution in [1.82, 2.24) is 34.3 Å². The molecule has 0 aliphatic carbocycles. The van der Waals surface area contributed by atoms with Gasteiger partial charge in [0.25, 0.3) is 0 Å². The summed E-state index contributed by atoms with van der Waals surface area (Å²) in [6.07, 6.45) is 3.61. The number of aromatic nitrogens is 7. The van der Waals surface area contributed by atoms with E-state index in [2.05, 4.69) is 20.0 Å². The number of hydrogen-bond donors (Lipinski definition) is 2. The van der Waals surface area contributed by atoms with Crippen LogP contribution >= 0.6 is 0 Å². The van der Waals surface area contributed by atoms with Crippen molar-refractivity contribution in [3.8, 4) is 5.75 Å². The largest absolute Gasteiger partial charge is 0.497 e. The van der Waals surface area contributed by atoms with Crippen LogP contribution in [-0.2, 0) is 6.54 Å². The van der Waals surface area contributed by atoms with Crippen molar-refractivity contribution in [2.24, 2.45) is 0 Å². The number of nitrogen functional groups attached to an aromatic ring is 1. The summed E-state index contributed by atoms with van der Waals surface area (Å²) in [6, 6.07) is 5.66. The minimum atomic E-state index is -0.851. The highest BCUT2D eigenvalue weighted by molar-refractivity contribution is 5.93. The number of nitrogens with two attached hydrogens (primary N) is 1. The zero-order chi connectivity index (χ0) is 22.5. The standard InChI is InChI=1S/C21H27N9O2/c1-21(2,31)11-29-12-23-20(27-29)28-8-4-5-13(10-28)17-25-18-15-7-6-14(32-3)9-16(15)24-19(22)30(18)26-17/h6-7,9,12-13,31H,4-5,8,10-11H2,1-3H3,(H2,22,24)/t13-/m1/s1. The van der Waals surface area contributed by atoms with Gasteiger partial charge in [-0.3, -0.25) is 0 Å². The highest BCUT2D eigenvalue weighted by Crippen LogP contribution is 2.29. The smallest absolute Gasteiger partial charge is 0.244 e. The SMILES string of the molecule is COc1ccc2c(c1)nc(N)n1nc([C@@H]3CCCN(c4ncn(CC(C)(C)O)n4)C3)nc21. The van der Waals surface area contributed by atoms with Gasteiger partial charge in [0, 0.05) is 30.5 Å². The van der Waals surface area contributed by atoms with Crippen molar-refractivity contribution >= 4 is 28.4 Å². The Morgan fingerprint density at radius 2 is 2.09 bits per heavy atom. The van der Waals surface area contributed by atoms with Gasteiger partial charge in [0.2, 0.25) is 11.9 Å². The molecule has 1 aliphatic heterocycles. The van der Waals surface area contributed by atoms with Crippen molar-refractivity contribution < 1.29 is 9.84 Å². The molecule has 1 atom stereocenters. The zero-order valence-electron chi connectivity index (χ0n) is 18.4. The quantitative estimate of drug-likeness (QED) is 0.478. The van der Waals surface area contributed by atoms with Crippen molar-refractivity contribution in [1.29, 1.82) is 0 Å². The van der Waals surface area contributed by atoms with Gasteiger partial charge in [-0.25, -0.2) is 19.6 Å². The maximum Gasteiger partial charge on any atom is 0.244 e. The number of benzene rings is 1. The molecule has 168 valence electrons. The summed E-state index contributed by atoms with van der Waals surface area (Å²) in [5, 5.41) is 20.1. The molecule has 4 aromatic rings. The first kappa shape index (κ1) is 20.4. The number of fused-ring (bicyclic) bond motifs is 3. The Labute approximate surface area is 184 Å². The number of hydrogen-bond acceptors (Lipinski definition) is 9. The Bertz CT molecular complexity index is 1270. The molecule has 0 radical (unpaired) electrons. The monoisotopic (exact) mass is 437 g/mol. The van der Waals surface area contributed by atoms with Crippen LogP contribution in [0.25, 0.3) is 16.6 Å². The van der Waals surface area contributed by atoms with Gasteiger partial charge in [0.05, 0.1) is 24.8 Å². The van der Waals surface area contributed by atoms with E-state index in [0.717, 1.165) is 36.1 Å². The summed E-state index contributed by atoms with van der Waals surface area (Å²) in [5.74, 6) is 2.52. The first-order valence-electron chi connectivity index (χ1n) is 10.7. The van der Waals surface area contributed by atoms with Gasteiger partial charge in [-0.2, -0.15) is 4.52 Å². The van der Waals surface area contributed by atoms with Gasteiger partial charge in [-0.1, -0.05) is 0 Å². The molecule has 3 N–H and O–H groups in total. The van der Waals surface area contributed by atoms with Crippen LogP contribution in [0, 0.1) is 0 Å². The Morgan fingerprint density at radius 1 is 1.25 bits per heavy atom. The van der Waals surface area contributed by atoms with Crippen LogP contribution in [0.5, 0.6) is 5.75 Å². The molecule has 0 unspecified atom stereocenters. The second-order valence-electron chi connectivity index (χ2n) is 8.90. The molecule has 1 aliphatic rings. The van der Waals surface area contributed by atoms with Gasteiger partial charge in [0.1, 0.15) is 12.1 Å². The molecule has 1 fully saturated rings. The van der Waals surface area contributed by atoms with Gasteiger partial charge in [-0.05, 0) is 38.8 Å². The van der Waals surface area contributed by atoms with Crippen LogP contribution in [-0.4, -0.2) is 65.3 Å². The van der Waals surface area contributed by atoms with Crippen molar-refractivity contribution in [2.75, 3.05) is 30.8 Å². The van der Waals surface area contributed by atoms with Crippen LogP contribution < -0.4 is 15.4 Å². The molecule has 0 spiro atoms. The van der Waals surface area contributed by atoms with Crippen LogP contribution in [0.2, 0.25) is 0 Å². The van der Waals surface area contributed by atoms with Gasteiger partial charge < -0.3 is 20.5 Å². The van der Waals surface area contributed by atoms with Crippen LogP contribution in [0.1, 0.15) is 38.4 Å². The third-order valence-electron chi connectivity index (χ3n) is 5.66. The van der Waals surface area contributed by atoms with E-state index in [4.69, 9.17) is 20.6 Å². The first-order chi connectivity index (χ1) is 15.3. The number of anilines is 2. The molecule has 3 aromatic heterocycles. The van der Waals surface area contributed by atoms with E-state index in [1.807, 2.05) is 18.2 Å². The summed E-state index contributed by atoms with van der Waals surface area (Å²) >= 11 is 0. The molecule has 0 saturated carbocycles. The zero-order valence-corrected chi connectivity index (χ0v) is 18.4. The predicted octanol–water partition coefficient (Wildman–Crippen LogP) is 1.61. The fourth-order valence-corrected chi connectivity index (χ4v) is 4.20. The second-order valence-corrected chi connectivity index (χ2v) is 8.90. The minimum Gasteiger partial charge on any atom is -0.497 e. The fourth-order valence-electron chi connectivity index (χ4n) is 4.20. The molecule has 0 bridgehead atoms. The number of nitrogens with zero attached hydrogens (tertiary/aromatic N) is 8. The maximum atomic E-state index is 10.0. The van der Waals surface area contributed by atoms with Gasteiger partial charge in [-0.15, -0.1) is 10.2 Å². The molecule has 11 heteroatoms. The number of ether oxygens (including phenoxy) is 1. The molecule has 32 heavy (non-hydrogen) atoms. The topological polar surface area (TPSA) is 133 Å². The molecule has 1 saturated heterocycles. The molecular formula is C21H27N9O2. The average molecular weight is 438 g/mol. The highest BCUT2D eigenvalue weighted by atomic mass is 16.5. The third-order valence-corrected chi connectivity index (χ3v) is 5.66. The second kappa shape index (κ2) is 7.59. The summed E-state index contributed by atoms with van der Waals surface area (Å²) < 4.78 is 8.59. The lowest BCUT2D eigenvalue weighted by Crippen LogP contribution is -2.35. The third kappa shape index (κ3) is 3.79. The molecule has 1 aromatic carbocycles. The fraction of sp³-hybridized carbons (Fsp3) is 0.476. The molecule has 11 nitrogen and oxygen atoms in total. The van der Waals surface area contributed by atoms with E-state index in [9.17, 15) is 5.11 Å². The molecule has 4 heterocycles. The Morgan fingerprint density at radius 3 is 2.88 bits per heavy atom. The Hall–Kier alpha value is -3.47. The van der Waals surface area contributed by atoms with Crippen LogP contribution in [0.3, 0.4) is 0 Å². The molecular weight excluding hydrogens is 410 g/mol. The number of methoxy groups -OCH3 is 1. The lowest BCUT2D eigenvalue weighted by atomic mass is 9.98. The van der Waals surface area contributed by atoms with Gasteiger partial charge >= 0.3 is 0 Å². The normalized spacial score (nSPS) is 17.4. The lowest BCUT2D eigenvalue weighted by molar-refractivity contribution is 0.0577. The lowest BCUT2D eigenvalue weighted by Gasteiger charge is -2.30. The van der Waals surface area contributed by atoms with Crippen molar-refractivity contribution in [3.05, 3.63) is 30.4 Å². The maximum absolute atomic E-state index is 10.0. The van der Waals surface area contributed by atoms with Crippen molar-refractivity contribution in [3.63, 3.8) is 0 Å². The Balaban J connectivity index is 1.44. The Kier molecular flexibility index (Phi) is 4.85. The van der Waals surface area contributed by atoms with Crippen LogP contribution in [0.15, 0.2) is 24.5 Å². The number of aliphatic hydroxyl groups is 1. The number of rotatable bonds is 5. The van der Waals surface area contributed by atoms with Crippen LogP contribution in [0.4, 0.5) is 11.9 Å². The molecule has 0 amide bonds. The summed E-state index contributed by atoms with van der Waals surface area (Å²) in [7, 11) is 1.62. The minimum absolute atomic E-state index is 0.123. The van der Waals surface area contributed by atoms with Crippen molar-refractivity contribution in [2.45, 2.75) is 44.8 Å². The summed E-state index contributed by atoms with van der Waals surface area (Å²) in [5.41, 5.74) is 6.74. The summed E-state index contributed by atoms with van der Waals surface area (Å²) in [6.45, 7) is 5.46. The van der Waals surface area contributed by atoms with E-state index in [0.29, 0.717) is 36.4 Å². The highest BCUT2D eigenvalue weighted by Gasteiger charge is 2.28. The number of piperidine rings is 1. The van der Waals surface area contributed by atoms with E-state index >= 15 is 0 Å². The van der Waals surface area contributed by atoms with Gasteiger partial charge in [0.15, 0.2) is 11.5 Å². The van der Waals surface area contributed by atoms with E-state index < -0.39 is 5.60 Å². The molecule has 5 rings (SSSR count).